The summed E-state index contributed by atoms with van der Waals surface area (Å²) >= 11 is 0. The van der Waals surface area contributed by atoms with Gasteiger partial charge in [0.05, 0.1) is 12.3 Å². The number of sulfonamides is 1. The highest BCUT2D eigenvalue weighted by Gasteiger charge is 2.17. The summed E-state index contributed by atoms with van der Waals surface area (Å²) in [7, 11) is -3.26. The molecule has 22 heavy (non-hydrogen) atoms. The van der Waals surface area contributed by atoms with Crippen molar-refractivity contribution in [2.45, 2.75) is 27.7 Å². The van der Waals surface area contributed by atoms with Crippen molar-refractivity contribution >= 4 is 21.7 Å². The summed E-state index contributed by atoms with van der Waals surface area (Å²) in [5.74, 6) is 0.183. The van der Waals surface area contributed by atoms with E-state index in [1.807, 2.05) is 45.9 Å². The third-order valence-electron chi connectivity index (χ3n) is 3.51. The second kappa shape index (κ2) is 8.14. The second-order valence-electron chi connectivity index (χ2n) is 5.09. The topological polar surface area (TPSA) is 87.8 Å². The van der Waals surface area contributed by atoms with Gasteiger partial charge in [-0.1, -0.05) is 19.9 Å². The predicted octanol–water partition coefficient (Wildman–Crippen LogP) is 1.70. The van der Waals surface area contributed by atoms with Gasteiger partial charge in [-0.05, 0) is 37.1 Å². The first kappa shape index (κ1) is 18.4. The molecule has 0 bridgehead atoms. The summed E-state index contributed by atoms with van der Waals surface area (Å²) in [6, 6.07) is 5.89. The van der Waals surface area contributed by atoms with Crippen molar-refractivity contribution < 1.29 is 8.42 Å². The molecule has 0 unspecified atom stereocenters. The van der Waals surface area contributed by atoms with E-state index >= 15 is 0 Å². The quantitative estimate of drug-likeness (QED) is 0.590. The maximum Gasteiger partial charge on any atom is 0.215 e. The van der Waals surface area contributed by atoms with Gasteiger partial charge < -0.3 is 11.1 Å². The minimum atomic E-state index is -3.26. The Kier molecular flexibility index (Phi) is 6.83. The number of hydrogen-bond acceptors (Lipinski definition) is 3. The predicted molar refractivity (Wildman–Crippen MR) is 92.7 cm³/mol. The van der Waals surface area contributed by atoms with Crippen molar-refractivity contribution in [3.63, 3.8) is 0 Å². The Balaban J connectivity index is 2.61. The van der Waals surface area contributed by atoms with Gasteiger partial charge >= 0.3 is 0 Å². The van der Waals surface area contributed by atoms with E-state index in [1.165, 1.54) is 9.87 Å². The van der Waals surface area contributed by atoms with Crippen LogP contribution in [0.4, 0.5) is 5.69 Å². The lowest BCUT2D eigenvalue weighted by Gasteiger charge is -2.17. The zero-order valence-electron chi connectivity index (χ0n) is 13.8. The maximum atomic E-state index is 12.0. The molecule has 1 rings (SSSR count). The van der Waals surface area contributed by atoms with Gasteiger partial charge in [0.2, 0.25) is 10.0 Å². The number of benzene rings is 1. The van der Waals surface area contributed by atoms with Crippen molar-refractivity contribution in [3.8, 4) is 0 Å². The number of aliphatic imine (C=N–C) groups is 1. The van der Waals surface area contributed by atoms with Gasteiger partial charge in [0.15, 0.2) is 5.96 Å². The van der Waals surface area contributed by atoms with Crippen LogP contribution >= 0.6 is 0 Å². The Bertz CT molecular complexity index is 622. The first-order valence-corrected chi connectivity index (χ1v) is 9.03. The molecule has 0 heterocycles. The number of hydrogen-bond donors (Lipinski definition) is 2. The highest BCUT2D eigenvalue weighted by Crippen LogP contribution is 2.13. The Hall–Kier alpha value is -1.60. The molecule has 3 N–H and O–H groups in total. The van der Waals surface area contributed by atoms with E-state index in [2.05, 4.69) is 10.3 Å². The number of nitrogens with one attached hydrogen (secondary N) is 1. The highest BCUT2D eigenvalue weighted by molar-refractivity contribution is 7.89. The van der Waals surface area contributed by atoms with Crippen molar-refractivity contribution in [2.24, 2.45) is 10.7 Å². The molecule has 1 aromatic carbocycles. The highest BCUT2D eigenvalue weighted by atomic mass is 32.2. The number of rotatable bonds is 7. The standard InChI is InChI=1S/C15H26N4O2S/c1-5-19(6-2)22(20,21)10-9-17-15(16)18-14-8-7-12(3)13(4)11-14/h7-8,11H,5-6,9-10H2,1-4H3,(H3,16,17,18). The van der Waals surface area contributed by atoms with Gasteiger partial charge in [0.25, 0.3) is 0 Å². The molecule has 0 saturated heterocycles. The van der Waals surface area contributed by atoms with Crippen molar-refractivity contribution in [2.75, 3.05) is 30.7 Å². The van der Waals surface area contributed by atoms with Crippen LogP contribution in [-0.2, 0) is 10.0 Å². The lowest BCUT2D eigenvalue weighted by molar-refractivity contribution is 0.445. The summed E-state index contributed by atoms with van der Waals surface area (Å²) < 4.78 is 25.4. The van der Waals surface area contributed by atoms with Gasteiger partial charge in [-0.25, -0.2) is 12.7 Å². The van der Waals surface area contributed by atoms with Crippen LogP contribution in [0.1, 0.15) is 25.0 Å². The van der Waals surface area contributed by atoms with E-state index in [-0.39, 0.29) is 18.3 Å². The van der Waals surface area contributed by atoms with Crippen LogP contribution in [0.5, 0.6) is 0 Å². The third-order valence-corrected chi connectivity index (χ3v) is 5.51. The summed E-state index contributed by atoms with van der Waals surface area (Å²) in [5.41, 5.74) is 8.99. The smallest absolute Gasteiger partial charge is 0.215 e. The van der Waals surface area contributed by atoms with Crippen molar-refractivity contribution in [1.29, 1.82) is 0 Å². The summed E-state index contributed by atoms with van der Waals surface area (Å²) in [6.45, 7) is 8.78. The maximum absolute atomic E-state index is 12.0. The lowest BCUT2D eigenvalue weighted by atomic mass is 10.1. The molecule has 0 radical (unpaired) electrons. The van der Waals surface area contributed by atoms with Crippen molar-refractivity contribution in [1.82, 2.24) is 4.31 Å². The average Bonchev–Trinajstić information content (AvgIpc) is 2.43. The van der Waals surface area contributed by atoms with Crippen LogP contribution in [0.2, 0.25) is 0 Å². The Morgan fingerprint density at radius 2 is 1.86 bits per heavy atom. The van der Waals surface area contributed by atoms with Crippen LogP contribution < -0.4 is 11.1 Å². The van der Waals surface area contributed by atoms with E-state index < -0.39 is 10.0 Å². The van der Waals surface area contributed by atoms with E-state index in [9.17, 15) is 8.42 Å². The van der Waals surface area contributed by atoms with Gasteiger partial charge in [-0.3, -0.25) is 4.99 Å². The average molecular weight is 326 g/mol. The van der Waals surface area contributed by atoms with Gasteiger partial charge in [0, 0.05) is 18.8 Å². The molecule has 0 aromatic heterocycles. The summed E-state index contributed by atoms with van der Waals surface area (Å²) in [4.78, 5) is 4.09. The zero-order valence-corrected chi connectivity index (χ0v) is 14.6. The van der Waals surface area contributed by atoms with E-state index in [1.54, 1.807) is 0 Å². The third kappa shape index (κ3) is 5.31. The minimum absolute atomic E-state index is 0.0377. The molecule has 0 atom stereocenters. The van der Waals surface area contributed by atoms with E-state index in [0.717, 1.165) is 11.3 Å². The fraction of sp³-hybridized carbons (Fsp3) is 0.533. The van der Waals surface area contributed by atoms with Crippen molar-refractivity contribution in [3.05, 3.63) is 29.3 Å². The van der Waals surface area contributed by atoms with Crippen LogP contribution in [0.3, 0.4) is 0 Å². The van der Waals surface area contributed by atoms with Gasteiger partial charge in [-0.2, -0.15) is 0 Å². The molecule has 7 heteroatoms. The Labute approximate surface area is 133 Å². The largest absolute Gasteiger partial charge is 0.370 e. The van der Waals surface area contributed by atoms with E-state index in [0.29, 0.717) is 13.1 Å². The fourth-order valence-electron chi connectivity index (χ4n) is 2.03. The Morgan fingerprint density at radius 3 is 2.41 bits per heavy atom. The zero-order chi connectivity index (χ0) is 16.8. The number of aryl methyl sites for hydroxylation is 2. The number of nitrogens with two attached hydrogens (primary N) is 1. The Morgan fingerprint density at radius 1 is 1.23 bits per heavy atom. The molecule has 0 spiro atoms. The molecule has 6 nitrogen and oxygen atoms in total. The second-order valence-corrected chi connectivity index (χ2v) is 7.18. The van der Waals surface area contributed by atoms with Crippen LogP contribution in [0.15, 0.2) is 23.2 Å². The summed E-state index contributed by atoms with van der Waals surface area (Å²) in [6.07, 6.45) is 0. The first-order chi connectivity index (χ1) is 10.3. The lowest BCUT2D eigenvalue weighted by Crippen LogP contribution is -2.34. The molecule has 0 aliphatic rings. The molecule has 0 aliphatic carbocycles. The molecule has 0 saturated carbocycles. The SMILES string of the molecule is CCN(CC)S(=O)(=O)CCN=C(N)Nc1ccc(C)c(C)c1. The molecular weight excluding hydrogens is 300 g/mol. The molecule has 0 aliphatic heterocycles. The molecule has 1 aromatic rings. The molecule has 0 amide bonds. The number of anilines is 1. The number of nitrogens with zero attached hydrogens (tertiary/aromatic N) is 2. The molecular formula is C15H26N4O2S. The monoisotopic (exact) mass is 326 g/mol. The first-order valence-electron chi connectivity index (χ1n) is 7.42. The summed E-state index contributed by atoms with van der Waals surface area (Å²) in [5, 5.41) is 2.97. The molecule has 0 fully saturated rings. The van der Waals surface area contributed by atoms with Crippen LogP contribution in [0, 0.1) is 13.8 Å². The van der Waals surface area contributed by atoms with Gasteiger partial charge in [0.1, 0.15) is 0 Å². The number of guanidine groups is 1. The normalized spacial score (nSPS) is 12.7. The molecule has 124 valence electrons. The van der Waals surface area contributed by atoms with Crippen LogP contribution in [0.25, 0.3) is 0 Å². The fourth-order valence-corrected chi connectivity index (χ4v) is 3.40. The van der Waals surface area contributed by atoms with Gasteiger partial charge in [-0.15, -0.1) is 0 Å². The van der Waals surface area contributed by atoms with E-state index in [4.69, 9.17) is 5.73 Å². The van der Waals surface area contributed by atoms with Crippen LogP contribution in [-0.4, -0.2) is 44.1 Å². The minimum Gasteiger partial charge on any atom is -0.370 e.